The van der Waals surface area contributed by atoms with Gasteiger partial charge in [0.15, 0.2) is 5.78 Å². The Bertz CT molecular complexity index is 1710. The maximum absolute atomic E-state index is 13.0. The van der Waals surface area contributed by atoms with Crippen molar-refractivity contribution in [3.8, 4) is 35.0 Å². The van der Waals surface area contributed by atoms with Crippen LogP contribution in [0.3, 0.4) is 0 Å². The molecule has 0 fully saturated rings. The number of esters is 1. The van der Waals surface area contributed by atoms with Gasteiger partial charge in [-0.3, -0.25) is 4.79 Å². The molecule has 0 N–H and O–H groups in total. The highest BCUT2D eigenvalue weighted by Gasteiger charge is 2.21. The van der Waals surface area contributed by atoms with Crippen molar-refractivity contribution in [2.75, 3.05) is 0 Å². The highest BCUT2D eigenvalue weighted by molar-refractivity contribution is 5.99. The molecule has 0 aliphatic carbocycles. The fourth-order valence-electron chi connectivity index (χ4n) is 4.92. The Morgan fingerprint density at radius 3 is 1.80 bits per heavy atom. The first kappa shape index (κ1) is 32.0. The topological polar surface area (TPSA) is 52.6 Å². The fraction of sp³-hybridized carbons (Fsp3) is 0.250. The van der Waals surface area contributed by atoms with E-state index < -0.39 is 17.5 Å². The standard InChI is InChI=1S/C40H40O4/c1-9-26(4)38(41)32-16-12-30(13-17-32)31-14-18-33(19-15-31)39(42)43-36-22-20-34(24-27(36)5)29(7)35-21-23-37(28(6)25-35)44-40(8,10-2)11-3/h1,10,12-26,29H,2,11H2,3-8H3. The SMILES string of the molecule is C#CC(C)C(=O)c1ccc(-c2ccc(C(=O)Oc3ccc(C(C)c4ccc(OC(C)(C=C)CC)c(C)c4)cc3C)cc2)cc1. The summed E-state index contributed by atoms with van der Waals surface area (Å²) < 4.78 is 12.0. The van der Waals surface area contributed by atoms with E-state index in [1.807, 2.05) is 62.4 Å². The molecule has 0 aliphatic heterocycles. The summed E-state index contributed by atoms with van der Waals surface area (Å²) in [5.74, 6) is 3.04. The Labute approximate surface area is 261 Å². The van der Waals surface area contributed by atoms with Crippen LogP contribution < -0.4 is 9.47 Å². The molecule has 44 heavy (non-hydrogen) atoms. The van der Waals surface area contributed by atoms with Gasteiger partial charge in [0.2, 0.25) is 0 Å². The van der Waals surface area contributed by atoms with E-state index in [1.54, 1.807) is 31.2 Å². The number of hydrogen-bond donors (Lipinski definition) is 0. The van der Waals surface area contributed by atoms with E-state index >= 15 is 0 Å². The molecule has 3 atom stereocenters. The first-order chi connectivity index (χ1) is 21.0. The van der Waals surface area contributed by atoms with Gasteiger partial charge in [-0.05, 0) is 97.8 Å². The number of rotatable bonds is 11. The lowest BCUT2D eigenvalue weighted by Crippen LogP contribution is -2.28. The molecule has 0 heterocycles. The minimum atomic E-state index is -0.461. The van der Waals surface area contributed by atoms with Crippen LogP contribution in [0.15, 0.2) is 97.6 Å². The van der Waals surface area contributed by atoms with Crippen LogP contribution in [0.25, 0.3) is 11.1 Å². The summed E-state index contributed by atoms with van der Waals surface area (Å²) in [7, 11) is 0. The number of Topliss-reactive ketones (excluding diaryl/α,β-unsaturated/α-hetero) is 1. The monoisotopic (exact) mass is 584 g/mol. The van der Waals surface area contributed by atoms with Gasteiger partial charge in [-0.2, -0.15) is 0 Å². The minimum Gasteiger partial charge on any atom is -0.483 e. The van der Waals surface area contributed by atoms with E-state index in [0.717, 1.165) is 40.0 Å². The van der Waals surface area contributed by atoms with Gasteiger partial charge < -0.3 is 9.47 Å². The number of benzene rings is 4. The molecule has 0 radical (unpaired) electrons. The second-order valence-electron chi connectivity index (χ2n) is 11.5. The summed E-state index contributed by atoms with van der Waals surface area (Å²) in [6.07, 6.45) is 8.07. The van der Waals surface area contributed by atoms with Crippen LogP contribution in [0.5, 0.6) is 11.5 Å². The molecular weight excluding hydrogens is 544 g/mol. The molecule has 4 heteroatoms. The molecule has 4 rings (SSSR count). The maximum Gasteiger partial charge on any atom is 0.343 e. The lowest BCUT2D eigenvalue weighted by Gasteiger charge is -2.27. The maximum atomic E-state index is 13.0. The van der Waals surface area contributed by atoms with Crippen LogP contribution in [0.1, 0.15) is 83.0 Å². The van der Waals surface area contributed by atoms with Gasteiger partial charge in [0.25, 0.3) is 0 Å². The van der Waals surface area contributed by atoms with Crippen molar-refractivity contribution in [2.45, 2.75) is 59.5 Å². The second kappa shape index (κ2) is 13.6. The smallest absolute Gasteiger partial charge is 0.343 e. The highest BCUT2D eigenvalue weighted by atomic mass is 16.5. The molecule has 4 aromatic carbocycles. The lowest BCUT2D eigenvalue weighted by molar-refractivity contribution is 0.0733. The van der Waals surface area contributed by atoms with Crippen LogP contribution in [-0.2, 0) is 0 Å². The lowest BCUT2D eigenvalue weighted by atomic mass is 9.91. The number of terminal acetylenes is 1. The summed E-state index contributed by atoms with van der Waals surface area (Å²) in [5.41, 5.74) is 6.76. The number of aryl methyl sites for hydroxylation is 2. The minimum absolute atomic E-state index is 0.0757. The average Bonchev–Trinajstić information content (AvgIpc) is 3.05. The first-order valence-electron chi connectivity index (χ1n) is 14.9. The summed E-state index contributed by atoms with van der Waals surface area (Å²) in [6, 6.07) is 26.8. The Morgan fingerprint density at radius 1 is 0.841 bits per heavy atom. The Hall–Kier alpha value is -4.88. The van der Waals surface area contributed by atoms with Gasteiger partial charge >= 0.3 is 5.97 Å². The third-order valence-electron chi connectivity index (χ3n) is 8.34. The Morgan fingerprint density at radius 2 is 1.34 bits per heavy atom. The van der Waals surface area contributed by atoms with Crippen LogP contribution in [-0.4, -0.2) is 17.4 Å². The summed E-state index contributed by atoms with van der Waals surface area (Å²) in [5, 5.41) is 0. The molecule has 0 spiro atoms. The molecule has 0 saturated heterocycles. The molecule has 4 nitrogen and oxygen atoms in total. The quantitative estimate of drug-likeness (QED) is 0.0579. The molecular formula is C40H40O4. The zero-order valence-corrected chi connectivity index (χ0v) is 26.4. The molecule has 0 aromatic heterocycles. The molecule has 224 valence electrons. The van der Waals surface area contributed by atoms with Crippen molar-refractivity contribution in [3.05, 3.63) is 131 Å². The molecule has 3 unspecified atom stereocenters. The number of carbonyl (C=O) groups excluding carboxylic acids is 2. The fourth-order valence-corrected chi connectivity index (χ4v) is 4.92. The largest absolute Gasteiger partial charge is 0.483 e. The number of ether oxygens (including phenoxy) is 2. The summed E-state index contributed by atoms with van der Waals surface area (Å²) in [4.78, 5) is 25.3. The van der Waals surface area contributed by atoms with Crippen LogP contribution >= 0.6 is 0 Å². The van der Waals surface area contributed by atoms with Crippen molar-refractivity contribution in [1.82, 2.24) is 0 Å². The third-order valence-corrected chi connectivity index (χ3v) is 8.34. The molecule has 0 saturated carbocycles. The van der Waals surface area contributed by atoms with Crippen LogP contribution in [0.2, 0.25) is 0 Å². The Kier molecular flexibility index (Phi) is 9.91. The highest BCUT2D eigenvalue weighted by Crippen LogP contribution is 2.33. The van der Waals surface area contributed by atoms with Gasteiger partial charge in [-0.1, -0.05) is 87.0 Å². The van der Waals surface area contributed by atoms with Gasteiger partial charge in [-0.15, -0.1) is 6.42 Å². The first-order valence-corrected chi connectivity index (χ1v) is 14.9. The van der Waals surface area contributed by atoms with E-state index in [4.69, 9.17) is 15.9 Å². The van der Waals surface area contributed by atoms with E-state index in [9.17, 15) is 9.59 Å². The Balaban J connectivity index is 1.43. The van der Waals surface area contributed by atoms with Crippen molar-refractivity contribution in [1.29, 1.82) is 0 Å². The second-order valence-corrected chi connectivity index (χ2v) is 11.5. The third kappa shape index (κ3) is 7.18. The summed E-state index contributed by atoms with van der Waals surface area (Å²) >= 11 is 0. The van der Waals surface area contributed by atoms with Crippen LogP contribution in [0.4, 0.5) is 0 Å². The predicted octanol–water partition coefficient (Wildman–Crippen LogP) is 9.53. The number of ketones is 1. The predicted molar refractivity (Wildman–Crippen MR) is 179 cm³/mol. The molecule has 0 bridgehead atoms. The number of hydrogen-bond acceptors (Lipinski definition) is 4. The van der Waals surface area contributed by atoms with Crippen molar-refractivity contribution >= 4 is 11.8 Å². The molecule has 0 aliphatic rings. The van der Waals surface area contributed by atoms with Gasteiger partial charge in [0.1, 0.15) is 17.1 Å². The van der Waals surface area contributed by atoms with Gasteiger partial charge in [-0.25, -0.2) is 4.79 Å². The van der Waals surface area contributed by atoms with E-state index in [-0.39, 0.29) is 11.7 Å². The summed E-state index contributed by atoms with van der Waals surface area (Å²) in [6.45, 7) is 15.9. The van der Waals surface area contributed by atoms with Gasteiger partial charge in [0.05, 0.1) is 11.5 Å². The van der Waals surface area contributed by atoms with Gasteiger partial charge in [0, 0.05) is 11.5 Å². The molecule has 4 aromatic rings. The zero-order chi connectivity index (χ0) is 32.0. The number of carbonyl (C=O) groups is 2. The van der Waals surface area contributed by atoms with Crippen molar-refractivity contribution in [3.63, 3.8) is 0 Å². The van der Waals surface area contributed by atoms with E-state index in [2.05, 4.69) is 51.5 Å². The molecule has 0 amide bonds. The van der Waals surface area contributed by atoms with E-state index in [0.29, 0.717) is 16.9 Å². The van der Waals surface area contributed by atoms with Crippen LogP contribution in [0, 0.1) is 32.1 Å². The van der Waals surface area contributed by atoms with Crippen molar-refractivity contribution < 1.29 is 19.1 Å². The van der Waals surface area contributed by atoms with E-state index in [1.165, 1.54) is 5.56 Å². The van der Waals surface area contributed by atoms with Crippen molar-refractivity contribution in [2.24, 2.45) is 5.92 Å². The normalized spacial score (nSPS) is 13.6. The average molecular weight is 585 g/mol. The zero-order valence-electron chi connectivity index (χ0n) is 26.4.